The summed E-state index contributed by atoms with van der Waals surface area (Å²) in [4.78, 5) is 4.72. The molecule has 1 unspecified atom stereocenters. The van der Waals surface area contributed by atoms with Crippen LogP contribution in [0.1, 0.15) is 48.6 Å². The van der Waals surface area contributed by atoms with Gasteiger partial charge in [-0.15, -0.1) is 11.3 Å². The number of benzene rings is 1. The molecule has 20 heavy (non-hydrogen) atoms. The molecule has 0 amide bonds. The number of nitrogens with two attached hydrogens (primary N) is 1. The van der Waals surface area contributed by atoms with Crippen molar-refractivity contribution in [1.82, 2.24) is 4.98 Å². The predicted molar refractivity (Wildman–Crippen MR) is 90.3 cm³/mol. The molecule has 1 atom stereocenters. The second kappa shape index (κ2) is 5.96. The van der Waals surface area contributed by atoms with Gasteiger partial charge in [-0.3, -0.25) is 0 Å². The molecule has 0 bridgehead atoms. The normalized spacial score (nSPS) is 13.5. The molecule has 2 rings (SSSR count). The Morgan fingerprint density at radius 3 is 2.60 bits per heavy atom. The lowest BCUT2D eigenvalue weighted by molar-refractivity contribution is 0.569. The topological polar surface area (TPSA) is 38.9 Å². The van der Waals surface area contributed by atoms with Crippen molar-refractivity contribution < 1.29 is 0 Å². The zero-order chi connectivity index (χ0) is 14.9. The molecule has 0 aliphatic heterocycles. The maximum Gasteiger partial charge on any atom is 0.0947 e. The van der Waals surface area contributed by atoms with E-state index in [0.717, 1.165) is 21.6 Å². The average Bonchev–Trinajstić information content (AvgIpc) is 2.81. The molecule has 2 N–H and O–H groups in total. The summed E-state index contributed by atoms with van der Waals surface area (Å²) in [6.45, 7) is 8.64. The van der Waals surface area contributed by atoms with Gasteiger partial charge in [0.1, 0.15) is 0 Å². The second-order valence-electron chi connectivity index (χ2n) is 6.20. The van der Waals surface area contributed by atoms with Crippen LogP contribution in [0, 0.1) is 6.92 Å². The summed E-state index contributed by atoms with van der Waals surface area (Å²) >= 11 is 5.23. The zero-order valence-electron chi connectivity index (χ0n) is 12.4. The van der Waals surface area contributed by atoms with Gasteiger partial charge in [0.2, 0.25) is 0 Å². The Morgan fingerprint density at radius 2 is 2.05 bits per heavy atom. The van der Waals surface area contributed by atoms with Crippen molar-refractivity contribution in [1.29, 1.82) is 0 Å². The van der Waals surface area contributed by atoms with Gasteiger partial charge in [-0.05, 0) is 24.1 Å². The van der Waals surface area contributed by atoms with Gasteiger partial charge in [0.15, 0.2) is 0 Å². The van der Waals surface area contributed by atoms with Crippen LogP contribution in [0.3, 0.4) is 0 Å². The molecule has 0 fully saturated rings. The number of rotatable bonds is 3. The number of nitrogens with zero attached hydrogens (tertiary/aromatic N) is 1. The lowest BCUT2D eigenvalue weighted by Crippen LogP contribution is -2.15. The van der Waals surface area contributed by atoms with Gasteiger partial charge in [-0.2, -0.15) is 0 Å². The van der Waals surface area contributed by atoms with Crippen molar-refractivity contribution in [2.45, 2.75) is 45.6 Å². The van der Waals surface area contributed by atoms with Crippen LogP contribution in [0.15, 0.2) is 28.1 Å². The number of hydrogen-bond acceptors (Lipinski definition) is 3. The van der Waals surface area contributed by atoms with E-state index < -0.39 is 0 Å². The van der Waals surface area contributed by atoms with Gasteiger partial charge in [0.25, 0.3) is 0 Å². The molecule has 0 radical (unpaired) electrons. The third-order valence-corrected chi connectivity index (χ3v) is 5.09. The number of hydrogen-bond donors (Lipinski definition) is 1. The van der Waals surface area contributed by atoms with Gasteiger partial charge in [-0.1, -0.05) is 48.8 Å². The minimum absolute atomic E-state index is 0.000711. The smallest absolute Gasteiger partial charge is 0.0947 e. The third kappa shape index (κ3) is 3.68. The summed E-state index contributed by atoms with van der Waals surface area (Å²) in [5.41, 5.74) is 9.95. The van der Waals surface area contributed by atoms with E-state index in [4.69, 9.17) is 10.7 Å². The third-order valence-electron chi connectivity index (χ3n) is 3.32. The monoisotopic (exact) mass is 352 g/mol. The highest BCUT2D eigenvalue weighted by Gasteiger charge is 2.18. The fourth-order valence-electron chi connectivity index (χ4n) is 1.95. The van der Waals surface area contributed by atoms with Crippen LogP contribution in [0.25, 0.3) is 0 Å². The van der Waals surface area contributed by atoms with Gasteiger partial charge in [0.05, 0.1) is 10.7 Å². The molecule has 0 aliphatic rings. The maximum absolute atomic E-state index is 6.32. The number of aryl methyl sites for hydroxylation is 1. The summed E-state index contributed by atoms with van der Waals surface area (Å²) in [6.07, 6.45) is 0.793. The Balaban J connectivity index is 2.13. The van der Waals surface area contributed by atoms with E-state index in [1.165, 1.54) is 11.1 Å². The van der Waals surface area contributed by atoms with Crippen LogP contribution >= 0.6 is 27.3 Å². The Bertz CT molecular complexity index is 599. The quantitative estimate of drug-likeness (QED) is 0.865. The highest BCUT2D eigenvalue weighted by atomic mass is 79.9. The molecular weight excluding hydrogens is 332 g/mol. The highest BCUT2D eigenvalue weighted by molar-refractivity contribution is 9.10. The van der Waals surface area contributed by atoms with E-state index in [0.29, 0.717) is 0 Å². The van der Waals surface area contributed by atoms with Crippen LogP contribution in [0.5, 0.6) is 0 Å². The lowest BCUT2D eigenvalue weighted by Gasteiger charge is -2.15. The van der Waals surface area contributed by atoms with Crippen molar-refractivity contribution >= 4 is 27.3 Å². The molecular formula is C16H21BrN2S. The van der Waals surface area contributed by atoms with E-state index in [1.807, 2.05) is 0 Å². The van der Waals surface area contributed by atoms with Gasteiger partial charge >= 0.3 is 0 Å². The fraction of sp³-hybridized carbons (Fsp3) is 0.438. The summed E-state index contributed by atoms with van der Waals surface area (Å²) in [6, 6.07) is 6.29. The lowest BCUT2D eigenvalue weighted by atomic mass is 9.93. The van der Waals surface area contributed by atoms with Gasteiger partial charge in [0, 0.05) is 27.7 Å². The summed E-state index contributed by atoms with van der Waals surface area (Å²) in [5, 5.41) is 3.26. The molecule has 2 aromatic rings. The van der Waals surface area contributed by atoms with Crippen LogP contribution in [0.4, 0.5) is 0 Å². The molecule has 0 saturated heterocycles. The SMILES string of the molecule is Cc1cc(C(N)Cc2nc(C(C)(C)C)cs2)ccc1Br. The summed E-state index contributed by atoms with van der Waals surface area (Å²) in [7, 11) is 0. The van der Waals surface area contributed by atoms with E-state index in [1.54, 1.807) is 11.3 Å². The first-order valence-corrected chi connectivity index (χ1v) is 8.41. The molecule has 0 aliphatic carbocycles. The number of aromatic nitrogens is 1. The zero-order valence-corrected chi connectivity index (χ0v) is 14.8. The van der Waals surface area contributed by atoms with E-state index in [9.17, 15) is 0 Å². The minimum atomic E-state index is 0.000711. The van der Waals surface area contributed by atoms with Crippen LogP contribution in [0.2, 0.25) is 0 Å². The fourth-order valence-corrected chi connectivity index (χ4v) is 3.28. The number of thiazole rings is 1. The minimum Gasteiger partial charge on any atom is -0.324 e. The first-order valence-electron chi connectivity index (χ1n) is 6.74. The second-order valence-corrected chi connectivity index (χ2v) is 7.99. The first-order chi connectivity index (χ1) is 9.27. The summed E-state index contributed by atoms with van der Waals surface area (Å²) < 4.78 is 1.12. The molecule has 4 heteroatoms. The van der Waals surface area contributed by atoms with E-state index in [-0.39, 0.29) is 11.5 Å². The Hall–Kier alpha value is -0.710. The van der Waals surface area contributed by atoms with Crippen LogP contribution < -0.4 is 5.73 Å². The van der Waals surface area contributed by atoms with Crippen molar-refractivity contribution in [2.24, 2.45) is 5.73 Å². The van der Waals surface area contributed by atoms with E-state index in [2.05, 4.69) is 67.2 Å². The van der Waals surface area contributed by atoms with Crippen molar-refractivity contribution in [2.75, 3.05) is 0 Å². The molecule has 1 aromatic carbocycles. The van der Waals surface area contributed by atoms with Crippen molar-refractivity contribution in [3.05, 3.63) is 49.9 Å². The van der Waals surface area contributed by atoms with Crippen LogP contribution in [-0.4, -0.2) is 4.98 Å². The molecule has 108 valence electrons. The molecule has 1 heterocycles. The first kappa shape index (κ1) is 15.7. The summed E-state index contributed by atoms with van der Waals surface area (Å²) in [5.74, 6) is 0. The maximum atomic E-state index is 6.32. The largest absolute Gasteiger partial charge is 0.324 e. The molecule has 1 aromatic heterocycles. The average molecular weight is 353 g/mol. The molecule has 2 nitrogen and oxygen atoms in total. The molecule has 0 spiro atoms. The Morgan fingerprint density at radius 1 is 1.35 bits per heavy atom. The Labute approximate surface area is 133 Å². The van der Waals surface area contributed by atoms with Crippen molar-refractivity contribution in [3.63, 3.8) is 0 Å². The van der Waals surface area contributed by atoms with Gasteiger partial charge < -0.3 is 5.73 Å². The van der Waals surface area contributed by atoms with Crippen LogP contribution in [-0.2, 0) is 11.8 Å². The Kier molecular flexibility index (Phi) is 4.67. The standard InChI is InChI=1S/C16H21BrN2S/c1-10-7-11(5-6-12(10)17)13(18)8-15-19-14(9-20-15)16(2,3)4/h5-7,9,13H,8,18H2,1-4H3. The number of halogens is 1. The van der Waals surface area contributed by atoms with E-state index >= 15 is 0 Å². The predicted octanol–water partition coefficient (Wildman–Crippen LogP) is 4.75. The molecule has 0 saturated carbocycles. The van der Waals surface area contributed by atoms with Gasteiger partial charge in [-0.25, -0.2) is 4.98 Å². The highest BCUT2D eigenvalue weighted by Crippen LogP contribution is 2.27. The van der Waals surface area contributed by atoms with Crippen molar-refractivity contribution in [3.8, 4) is 0 Å².